The van der Waals surface area contributed by atoms with E-state index in [0.717, 1.165) is 6.07 Å². The van der Waals surface area contributed by atoms with E-state index in [1.54, 1.807) is 4.90 Å². The van der Waals surface area contributed by atoms with E-state index in [9.17, 15) is 22.8 Å². The molecule has 1 saturated heterocycles. The Morgan fingerprint density at radius 2 is 1.54 bits per heavy atom. The number of hydrogen-bond acceptors (Lipinski definition) is 2. The van der Waals surface area contributed by atoms with Crippen molar-refractivity contribution in [1.82, 2.24) is 4.90 Å². The molecule has 2 aromatic rings. The number of hydrogen-bond donors (Lipinski definition) is 1. The van der Waals surface area contributed by atoms with E-state index in [-0.39, 0.29) is 23.4 Å². The summed E-state index contributed by atoms with van der Waals surface area (Å²) in [5.74, 6) is -2.89. The number of amides is 2. The Morgan fingerprint density at radius 1 is 0.923 bits per heavy atom. The van der Waals surface area contributed by atoms with Gasteiger partial charge in [-0.25, -0.2) is 13.2 Å². The van der Waals surface area contributed by atoms with Crippen LogP contribution in [0.1, 0.15) is 23.2 Å². The Balaban J connectivity index is 1.56. The number of likely N-dealkylation sites (tertiary alicyclic amines) is 1. The van der Waals surface area contributed by atoms with E-state index < -0.39 is 17.5 Å². The molecule has 0 unspecified atom stereocenters. The van der Waals surface area contributed by atoms with Crippen LogP contribution in [-0.4, -0.2) is 29.8 Å². The van der Waals surface area contributed by atoms with Crippen molar-refractivity contribution in [3.63, 3.8) is 0 Å². The maximum atomic E-state index is 13.6. The lowest BCUT2D eigenvalue weighted by molar-refractivity contribution is -0.121. The Morgan fingerprint density at radius 3 is 2.15 bits per heavy atom. The van der Waals surface area contributed by atoms with Crippen LogP contribution >= 0.6 is 0 Å². The summed E-state index contributed by atoms with van der Waals surface area (Å²) >= 11 is 0. The smallest absolute Gasteiger partial charge is 0.253 e. The van der Waals surface area contributed by atoms with Gasteiger partial charge in [0.25, 0.3) is 5.91 Å². The fraction of sp³-hybridized carbons (Fsp3) is 0.263. The van der Waals surface area contributed by atoms with E-state index in [1.165, 1.54) is 30.3 Å². The number of anilines is 1. The maximum absolute atomic E-state index is 13.6. The topological polar surface area (TPSA) is 49.4 Å². The van der Waals surface area contributed by atoms with E-state index in [0.29, 0.717) is 37.6 Å². The fourth-order valence-corrected chi connectivity index (χ4v) is 2.95. The third-order valence-electron chi connectivity index (χ3n) is 4.43. The van der Waals surface area contributed by atoms with Gasteiger partial charge in [0.1, 0.15) is 17.5 Å². The molecule has 2 aromatic carbocycles. The number of nitrogens with zero attached hydrogens (tertiary/aromatic N) is 1. The van der Waals surface area contributed by atoms with Gasteiger partial charge in [-0.15, -0.1) is 0 Å². The van der Waals surface area contributed by atoms with Crippen LogP contribution in [0.25, 0.3) is 0 Å². The van der Waals surface area contributed by atoms with Crippen molar-refractivity contribution in [2.75, 3.05) is 18.4 Å². The summed E-state index contributed by atoms with van der Waals surface area (Å²) in [4.78, 5) is 26.3. The highest BCUT2D eigenvalue weighted by molar-refractivity contribution is 5.95. The van der Waals surface area contributed by atoms with Crippen molar-refractivity contribution in [2.45, 2.75) is 12.8 Å². The Kier molecular flexibility index (Phi) is 5.25. The highest BCUT2D eigenvalue weighted by atomic mass is 19.1. The van der Waals surface area contributed by atoms with Crippen molar-refractivity contribution >= 4 is 17.5 Å². The summed E-state index contributed by atoms with van der Waals surface area (Å²) in [5, 5.41) is 2.46. The number of nitrogens with one attached hydrogen (secondary N) is 1. The average molecular weight is 362 g/mol. The van der Waals surface area contributed by atoms with Gasteiger partial charge in [-0.2, -0.15) is 0 Å². The molecule has 0 saturated carbocycles. The molecule has 0 aliphatic carbocycles. The predicted octanol–water partition coefficient (Wildman–Crippen LogP) is 3.59. The van der Waals surface area contributed by atoms with Crippen LogP contribution < -0.4 is 5.32 Å². The van der Waals surface area contributed by atoms with Gasteiger partial charge in [-0.3, -0.25) is 9.59 Å². The minimum Gasteiger partial charge on any atom is -0.339 e. The zero-order valence-corrected chi connectivity index (χ0v) is 13.8. The van der Waals surface area contributed by atoms with Gasteiger partial charge in [-0.1, -0.05) is 0 Å². The molecule has 4 nitrogen and oxygen atoms in total. The first kappa shape index (κ1) is 18.0. The third kappa shape index (κ3) is 4.04. The van der Waals surface area contributed by atoms with Crippen LogP contribution in [0.2, 0.25) is 0 Å². The number of benzene rings is 2. The van der Waals surface area contributed by atoms with Crippen LogP contribution in [0, 0.1) is 23.4 Å². The highest BCUT2D eigenvalue weighted by Gasteiger charge is 2.28. The fourth-order valence-electron chi connectivity index (χ4n) is 2.95. The predicted molar refractivity (Wildman–Crippen MR) is 90.0 cm³/mol. The van der Waals surface area contributed by atoms with Crippen LogP contribution in [0.3, 0.4) is 0 Å². The molecule has 3 rings (SSSR count). The van der Waals surface area contributed by atoms with Gasteiger partial charge in [0, 0.05) is 30.6 Å². The molecule has 0 spiro atoms. The SMILES string of the molecule is O=C(Nc1ccc(F)cc1F)C1CCN(C(=O)c2ccc(F)cc2)CC1. The Bertz CT molecular complexity index is 816. The van der Waals surface area contributed by atoms with Crippen LogP contribution in [0.4, 0.5) is 18.9 Å². The zero-order valence-electron chi connectivity index (χ0n) is 13.8. The normalized spacial score (nSPS) is 15.0. The van der Waals surface area contributed by atoms with Crippen molar-refractivity contribution in [2.24, 2.45) is 5.92 Å². The first-order chi connectivity index (χ1) is 12.4. The lowest BCUT2D eigenvalue weighted by atomic mass is 9.95. The molecular formula is C19H17F3N2O2. The molecule has 1 aliphatic rings. The summed E-state index contributed by atoms with van der Waals surface area (Å²) in [6, 6.07) is 8.26. The molecule has 0 aromatic heterocycles. The molecule has 0 atom stereocenters. The quantitative estimate of drug-likeness (QED) is 0.907. The van der Waals surface area contributed by atoms with Crippen molar-refractivity contribution in [1.29, 1.82) is 0 Å². The molecule has 1 fully saturated rings. The van der Waals surface area contributed by atoms with Crippen molar-refractivity contribution < 1.29 is 22.8 Å². The van der Waals surface area contributed by atoms with Gasteiger partial charge < -0.3 is 10.2 Å². The van der Waals surface area contributed by atoms with Crippen molar-refractivity contribution in [3.05, 3.63) is 65.5 Å². The Labute approximate surface area is 148 Å². The van der Waals surface area contributed by atoms with Gasteiger partial charge in [0.15, 0.2) is 0 Å². The third-order valence-corrected chi connectivity index (χ3v) is 4.43. The van der Waals surface area contributed by atoms with E-state index in [2.05, 4.69) is 5.32 Å². The van der Waals surface area contributed by atoms with Crippen LogP contribution in [0.15, 0.2) is 42.5 Å². The number of halogens is 3. The number of rotatable bonds is 3. The van der Waals surface area contributed by atoms with E-state index in [4.69, 9.17) is 0 Å². The Hall–Kier alpha value is -2.83. The number of piperidine rings is 1. The molecule has 0 radical (unpaired) electrons. The molecule has 136 valence electrons. The lowest BCUT2D eigenvalue weighted by Gasteiger charge is -2.31. The molecule has 2 amide bonds. The summed E-state index contributed by atoms with van der Waals surface area (Å²) < 4.78 is 39.5. The number of carbonyl (C=O) groups excluding carboxylic acids is 2. The van der Waals surface area contributed by atoms with Gasteiger partial charge >= 0.3 is 0 Å². The van der Waals surface area contributed by atoms with Crippen LogP contribution in [0.5, 0.6) is 0 Å². The lowest BCUT2D eigenvalue weighted by Crippen LogP contribution is -2.41. The summed E-state index contributed by atoms with van der Waals surface area (Å²) in [5.41, 5.74) is 0.323. The average Bonchev–Trinajstić information content (AvgIpc) is 2.64. The van der Waals surface area contributed by atoms with Gasteiger partial charge in [0.05, 0.1) is 5.69 Å². The molecule has 1 N–H and O–H groups in total. The highest BCUT2D eigenvalue weighted by Crippen LogP contribution is 2.22. The van der Waals surface area contributed by atoms with Gasteiger partial charge in [0.2, 0.25) is 5.91 Å². The van der Waals surface area contributed by atoms with Crippen molar-refractivity contribution in [3.8, 4) is 0 Å². The molecule has 1 aliphatic heterocycles. The molecule has 7 heteroatoms. The monoisotopic (exact) mass is 362 g/mol. The van der Waals surface area contributed by atoms with E-state index in [1.807, 2.05) is 0 Å². The molecular weight excluding hydrogens is 345 g/mol. The maximum Gasteiger partial charge on any atom is 0.253 e. The summed E-state index contributed by atoms with van der Waals surface area (Å²) in [7, 11) is 0. The molecule has 1 heterocycles. The largest absolute Gasteiger partial charge is 0.339 e. The molecule has 0 bridgehead atoms. The second-order valence-electron chi connectivity index (χ2n) is 6.19. The summed E-state index contributed by atoms with van der Waals surface area (Å²) in [6.07, 6.45) is 0.864. The second-order valence-corrected chi connectivity index (χ2v) is 6.19. The zero-order chi connectivity index (χ0) is 18.7. The number of carbonyl (C=O) groups is 2. The first-order valence-electron chi connectivity index (χ1n) is 8.25. The van der Waals surface area contributed by atoms with Crippen LogP contribution in [-0.2, 0) is 4.79 Å². The second kappa shape index (κ2) is 7.59. The minimum absolute atomic E-state index is 0.0683. The standard InChI is InChI=1S/C19H17F3N2O2/c20-14-3-1-13(2-4-14)19(26)24-9-7-12(8-10-24)18(25)23-17-6-5-15(21)11-16(17)22/h1-6,11-12H,7-10H2,(H,23,25). The molecule has 26 heavy (non-hydrogen) atoms. The summed E-state index contributed by atoms with van der Waals surface area (Å²) in [6.45, 7) is 0.750. The van der Waals surface area contributed by atoms with E-state index >= 15 is 0 Å². The van der Waals surface area contributed by atoms with Gasteiger partial charge in [-0.05, 0) is 49.2 Å². The first-order valence-corrected chi connectivity index (χ1v) is 8.25. The minimum atomic E-state index is -0.831.